The van der Waals surface area contributed by atoms with Crippen LogP contribution >= 0.6 is 0 Å². The van der Waals surface area contributed by atoms with Crippen molar-refractivity contribution in [2.75, 3.05) is 0 Å². The fourth-order valence-electron chi connectivity index (χ4n) is 4.26. The predicted molar refractivity (Wildman–Crippen MR) is 157 cm³/mol. The number of hydrogen-bond acceptors (Lipinski definition) is 0. The van der Waals surface area contributed by atoms with E-state index >= 15 is 0 Å². The summed E-state index contributed by atoms with van der Waals surface area (Å²) in [6.45, 7) is 13.8. The van der Waals surface area contributed by atoms with E-state index in [2.05, 4.69) is 135 Å². The summed E-state index contributed by atoms with van der Waals surface area (Å²) in [6, 6.07) is 26.9. The lowest BCUT2D eigenvalue weighted by atomic mass is 9.94. The SMILES string of the molecule is C[Si](C)(C)C#Cc1ccc2cc3cc4cc5ccccc5cc4cc3cc2c1C#C[Si](C)(C)C. The van der Waals surface area contributed by atoms with Gasteiger partial charge >= 0.3 is 0 Å². The molecule has 2 heteroatoms. The van der Waals surface area contributed by atoms with E-state index in [1.54, 1.807) is 0 Å². The summed E-state index contributed by atoms with van der Waals surface area (Å²) in [4.78, 5) is 0. The zero-order valence-electron chi connectivity index (χ0n) is 20.9. The Hall–Kier alpha value is -3.31. The van der Waals surface area contributed by atoms with Crippen molar-refractivity contribution in [1.29, 1.82) is 0 Å². The van der Waals surface area contributed by atoms with Crippen LogP contribution in [0.15, 0.2) is 72.8 Å². The molecule has 0 saturated heterocycles. The summed E-state index contributed by atoms with van der Waals surface area (Å²) < 4.78 is 0. The first kappa shape index (κ1) is 22.5. The van der Waals surface area contributed by atoms with Gasteiger partial charge in [-0.05, 0) is 85.6 Å². The van der Waals surface area contributed by atoms with Gasteiger partial charge in [0.05, 0.1) is 0 Å². The van der Waals surface area contributed by atoms with E-state index in [1.165, 1.54) is 43.1 Å². The summed E-state index contributed by atoms with van der Waals surface area (Å²) in [5.41, 5.74) is 9.30. The Morgan fingerprint density at radius 3 is 1.50 bits per heavy atom. The largest absolute Gasteiger partial charge is 0.129 e. The minimum atomic E-state index is -1.53. The highest BCUT2D eigenvalue weighted by atomic mass is 28.3. The van der Waals surface area contributed by atoms with E-state index < -0.39 is 16.1 Å². The molecule has 0 fully saturated rings. The van der Waals surface area contributed by atoms with Crippen LogP contribution in [0.5, 0.6) is 0 Å². The quantitative estimate of drug-likeness (QED) is 0.120. The lowest BCUT2D eigenvalue weighted by Gasteiger charge is -2.11. The van der Waals surface area contributed by atoms with E-state index in [-0.39, 0.29) is 0 Å². The van der Waals surface area contributed by atoms with Crippen LogP contribution < -0.4 is 0 Å². The first-order chi connectivity index (χ1) is 16.1. The van der Waals surface area contributed by atoms with E-state index in [1.807, 2.05) is 0 Å². The molecule has 0 radical (unpaired) electrons. The average Bonchev–Trinajstić information content (AvgIpc) is 2.76. The summed E-state index contributed by atoms with van der Waals surface area (Å²) in [5.74, 6) is 7.09. The van der Waals surface area contributed by atoms with Crippen molar-refractivity contribution >= 4 is 59.2 Å². The summed E-state index contributed by atoms with van der Waals surface area (Å²) in [7, 11) is -3.01. The van der Waals surface area contributed by atoms with Crippen molar-refractivity contribution in [3.8, 4) is 22.9 Å². The molecule has 0 aromatic heterocycles. The minimum Gasteiger partial charge on any atom is -0.127 e. The van der Waals surface area contributed by atoms with Crippen LogP contribution in [0.4, 0.5) is 0 Å². The van der Waals surface area contributed by atoms with Gasteiger partial charge in [-0.3, -0.25) is 0 Å². The first-order valence-corrected chi connectivity index (χ1v) is 19.0. The van der Waals surface area contributed by atoms with Gasteiger partial charge in [-0.15, -0.1) is 11.1 Å². The fraction of sp³-hybridized carbons (Fsp3) is 0.188. The number of benzene rings is 5. The molecule has 166 valence electrons. The Kier molecular flexibility index (Phi) is 5.40. The van der Waals surface area contributed by atoms with Crippen LogP contribution in [0.3, 0.4) is 0 Å². The van der Waals surface area contributed by atoms with Gasteiger partial charge in [-0.25, -0.2) is 0 Å². The molecule has 0 nitrogen and oxygen atoms in total. The van der Waals surface area contributed by atoms with Crippen molar-refractivity contribution in [3.63, 3.8) is 0 Å². The Bertz CT molecular complexity index is 1720. The number of hydrogen-bond donors (Lipinski definition) is 0. The third kappa shape index (κ3) is 4.66. The molecule has 0 unspecified atom stereocenters. The number of fused-ring (bicyclic) bond motifs is 4. The molecule has 0 amide bonds. The third-order valence-electron chi connectivity index (χ3n) is 5.93. The van der Waals surface area contributed by atoms with Crippen LogP contribution in [0.25, 0.3) is 43.1 Å². The van der Waals surface area contributed by atoms with Crippen LogP contribution in [0.1, 0.15) is 11.1 Å². The normalized spacial score (nSPS) is 11.9. The molecule has 0 aliphatic rings. The Morgan fingerprint density at radius 2 is 0.941 bits per heavy atom. The zero-order valence-corrected chi connectivity index (χ0v) is 22.9. The van der Waals surface area contributed by atoms with Gasteiger partial charge in [0.1, 0.15) is 16.1 Å². The summed E-state index contributed by atoms with van der Waals surface area (Å²) in [5, 5.41) is 10.1. The van der Waals surface area contributed by atoms with Gasteiger partial charge in [0.15, 0.2) is 0 Å². The van der Waals surface area contributed by atoms with E-state index in [4.69, 9.17) is 0 Å². The second kappa shape index (κ2) is 8.17. The molecule has 0 bridgehead atoms. The van der Waals surface area contributed by atoms with Gasteiger partial charge in [-0.2, -0.15) is 0 Å². The molecule has 5 aromatic carbocycles. The number of rotatable bonds is 0. The maximum absolute atomic E-state index is 3.60. The lowest BCUT2D eigenvalue weighted by molar-refractivity contribution is 1.66. The van der Waals surface area contributed by atoms with Crippen LogP contribution in [0, 0.1) is 22.9 Å². The molecule has 5 rings (SSSR count). The van der Waals surface area contributed by atoms with Gasteiger partial charge < -0.3 is 0 Å². The molecular weight excluding hydrogens is 441 g/mol. The highest BCUT2D eigenvalue weighted by Gasteiger charge is 2.12. The topological polar surface area (TPSA) is 0 Å². The average molecular weight is 471 g/mol. The van der Waals surface area contributed by atoms with Gasteiger partial charge in [-0.1, -0.05) is 81.5 Å². The molecule has 34 heavy (non-hydrogen) atoms. The second-order valence-corrected chi connectivity index (χ2v) is 20.8. The maximum atomic E-state index is 3.60. The summed E-state index contributed by atoms with van der Waals surface area (Å²) >= 11 is 0. The van der Waals surface area contributed by atoms with Gasteiger partial charge in [0.2, 0.25) is 0 Å². The molecule has 0 N–H and O–H groups in total. The first-order valence-electron chi connectivity index (χ1n) is 12.0. The second-order valence-electron chi connectivity index (χ2n) is 11.3. The summed E-state index contributed by atoms with van der Waals surface area (Å²) in [6.07, 6.45) is 0. The van der Waals surface area contributed by atoms with Crippen molar-refractivity contribution in [3.05, 3.63) is 83.9 Å². The maximum Gasteiger partial charge on any atom is 0.129 e. The van der Waals surface area contributed by atoms with E-state index in [0.717, 1.165) is 11.1 Å². The molecule has 5 aromatic rings. The monoisotopic (exact) mass is 470 g/mol. The van der Waals surface area contributed by atoms with Crippen LogP contribution in [-0.2, 0) is 0 Å². The molecule has 0 aliphatic carbocycles. The highest BCUT2D eigenvalue weighted by molar-refractivity contribution is 6.84. The molecule has 0 aliphatic heterocycles. The molecule has 0 atom stereocenters. The Morgan fingerprint density at radius 1 is 0.471 bits per heavy atom. The van der Waals surface area contributed by atoms with E-state index in [9.17, 15) is 0 Å². The minimum absolute atomic E-state index is 1.06. The van der Waals surface area contributed by atoms with Crippen LogP contribution in [-0.4, -0.2) is 16.1 Å². The van der Waals surface area contributed by atoms with Crippen molar-refractivity contribution < 1.29 is 0 Å². The van der Waals surface area contributed by atoms with Crippen LogP contribution in [0.2, 0.25) is 39.3 Å². The Balaban J connectivity index is 1.80. The van der Waals surface area contributed by atoms with Gasteiger partial charge in [0.25, 0.3) is 0 Å². The van der Waals surface area contributed by atoms with Crippen molar-refractivity contribution in [2.45, 2.75) is 39.3 Å². The fourth-order valence-corrected chi connectivity index (χ4v) is 5.27. The Labute approximate surface area is 205 Å². The van der Waals surface area contributed by atoms with E-state index in [0.29, 0.717) is 0 Å². The smallest absolute Gasteiger partial charge is 0.127 e. The third-order valence-corrected chi connectivity index (χ3v) is 7.68. The standard InChI is InChI=1S/C32H30Si2/c1-33(2,3)15-13-23-11-12-26-19-29-20-27-17-24-9-7-8-10-25(24)18-28(27)21-30(29)22-32(26)31(23)14-16-34(4,5)6/h7-12,17-22H,1-6H3. The van der Waals surface area contributed by atoms with Crippen molar-refractivity contribution in [2.24, 2.45) is 0 Å². The molecule has 0 saturated carbocycles. The molecule has 0 spiro atoms. The predicted octanol–water partition coefficient (Wildman–Crippen LogP) is 8.76. The van der Waals surface area contributed by atoms with Crippen molar-refractivity contribution in [1.82, 2.24) is 0 Å². The zero-order chi connectivity index (χ0) is 24.1. The van der Waals surface area contributed by atoms with Gasteiger partial charge in [0, 0.05) is 11.1 Å². The lowest BCUT2D eigenvalue weighted by Crippen LogP contribution is -2.17. The highest BCUT2D eigenvalue weighted by Crippen LogP contribution is 2.32. The molecule has 0 heterocycles. The molecular formula is C32H30Si2.